The van der Waals surface area contributed by atoms with Crippen molar-refractivity contribution < 1.29 is 4.79 Å². The van der Waals surface area contributed by atoms with E-state index < -0.39 is 0 Å². The molecule has 4 rings (SSSR count). The first-order chi connectivity index (χ1) is 11.2. The maximum Gasteiger partial charge on any atom is 0.256 e. The molecule has 3 nitrogen and oxygen atoms in total. The maximum atomic E-state index is 12.7. The summed E-state index contributed by atoms with van der Waals surface area (Å²) in [6.07, 6.45) is 4.45. The van der Waals surface area contributed by atoms with E-state index in [9.17, 15) is 4.79 Å². The molecular formula is C18H19BrN2OS. The van der Waals surface area contributed by atoms with Crippen LogP contribution in [0.2, 0.25) is 0 Å². The third kappa shape index (κ3) is 2.70. The Morgan fingerprint density at radius 3 is 2.78 bits per heavy atom. The average molecular weight is 391 g/mol. The van der Waals surface area contributed by atoms with E-state index in [2.05, 4.69) is 33.5 Å². The summed E-state index contributed by atoms with van der Waals surface area (Å²) in [4.78, 5) is 14.1. The highest BCUT2D eigenvalue weighted by molar-refractivity contribution is 9.10. The minimum Gasteiger partial charge on any atom is -0.353 e. The lowest BCUT2D eigenvalue weighted by Crippen LogP contribution is -2.38. The molecule has 0 radical (unpaired) electrons. The normalized spacial score (nSPS) is 22.8. The number of hydrogen-bond donors (Lipinski definition) is 2. The van der Waals surface area contributed by atoms with Crippen molar-refractivity contribution in [3.8, 4) is 0 Å². The molecule has 2 atom stereocenters. The molecule has 120 valence electrons. The Labute approximate surface area is 148 Å². The number of rotatable bonds is 2. The van der Waals surface area contributed by atoms with Gasteiger partial charge >= 0.3 is 0 Å². The van der Waals surface area contributed by atoms with Crippen LogP contribution in [0.1, 0.15) is 52.3 Å². The van der Waals surface area contributed by atoms with Gasteiger partial charge in [0.15, 0.2) is 0 Å². The van der Waals surface area contributed by atoms with E-state index in [4.69, 9.17) is 0 Å². The van der Waals surface area contributed by atoms with Crippen LogP contribution >= 0.6 is 27.3 Å². The van der Waals surface area contributed by atoms with Gasteiger partial charge in [-0.15, -0.1) is 11.3 Å². The number of halogens is 1. The Bertz CT molecular complexity index is 753. The van der Waals surface area contributed by atoms with Crippen molar-refractivity contribution in [2.75, 3.05) is 5.32 Å². The number of amides is 1. The Morgan fingerprint density at radius 2 is 2.04 bits per heavy atom. The fourth-order valence-corrected chi connectivity index (χ4v) is 5.19. The number of anilines is 1. The van der Waals surface area contributed by atoms with Gasteiger partial charge in [-0.2, -0.15) is 0 Å². The molecule has 2 aliphatic rings. The first-order valence-corrected chi connectivity index (χ1v) is 9.74. The second-order valence-corrected chi connectivity index (χ2v) is 8.35. The molecule has 1 aromatic carbocycles. The Balaban J connectivity index is 1.66. The molecular weight excluding hydrogens is 372 g/mol. The Morgan fingerprint density at radius 1 is 1.26 bits per heavy atom. The van der Waals surface area contributed by atoms with Crippen molar-refractivity contribution in [3.05, 3.63) is 50.3 Å². The number of benzene rings is 1. The molecule has 2 heterocycles. The summed E-state index contributed by atoms with van der Waals surface area (Å²) in [6.45, 7) is 2.26. The molecule has 1 amide bonds. The summed E-state index contributed by atoms with van der Waals surface area (Å²) in [5.74, 6) is 0.840. The molecule has 1 aromatic heterocycles. The number of nitrogens with one attached hydrogen (secondary N) is 2. The zero-order chi connectivity index (χ0) is 16.0. The van der Waals surface area contributed by atoms with E-state index in [0.717, 1.165) is 39.4 Å². The van der Waals surface area contributed by atoms with Crippen molar-refractivity contribution in [1.29, 1.82) is 0 Å². The van der Waals surface area contributed by atoms with Crippen molar-refractivity contribution in [2.24, 2.45) is 5.92 Å². The van der Waals surface area contributed by atoms with Crippen molar-refractivity contribution in [3.63, 3.8) is 0 Å². The minimum absolute atomic E-state index is 0.0686. The summed E-state index contributed by atoms with van der Waals surface area (Å²) in [5, 5.41) is 7.68. The summed E-state index contributed by atoms with van der Waals surface area (Å²) >= 11 is 5.23. The first kappa shape index (κ1) is 15.2. The Kier molecular flexibility index (Phi) is 3.93. The zero-order valence-corrected chi connectivity index (χ0v) is 15.4. The number of carbonyl (C=O) groups is 1. The number of carbonyl (C=O) groups excluding carboxylic acids is 1. The predicted molar refractivity (Wildman–Crippen MR) is 98.1 cm³/mol. The molecule has 0 saturated heterocycles. The number of fused-ring (bicyclic) bond motifs is 3. The van der Waals surface area contributed by atoms with Gasteiger partial charge in [0.1, 0.15) is 11.2 Å². The average Bonchev–Trinajstić information content (AvgIpc) is 2.93. The highest BCUT2D eigenvalue weighted by Crippen LogP contribution is 2.43. The highest BCUT2D eigenvalue weighted by Gasteiger charge is 2.33. The van der Waals surface area contributed by atoms with Crippen LogP contribution in [0.25, 0.3) is 0 Å². The molecule has 2 N–H and O–H groups in total. The molecule has 0 saturated carbocycles. The van der Waals surface area contributed by atoms with E-state index in [-0.39, 0.29) is 12.1 Å². The standard InChI is InChI=1S/C18H19BrN2OS/c1-2-10-3-8-13-14(9-10)23-18-15(13)17(22)20-16(21-18)11-4-6-12(19)7-5-11/h4-7,10,16,21H,2-3,8-9H2,1H3,(H,20,22)/t10-,16-/m0/s1. The zero-order valence-electron chi connectivity index (χ0n) is 13.0. The molecule has 0 bridgehead atoms. The lowest BCUT2D eigenvalue weighted by atomic mass is 9.85. The summed E-state index contributed by atoms with van der Waals surface area (Å²) in [7, 11) is 0. The van der Waals surface area contributed by atoms with Crippen LogP contribution in [0, 0.1) is 5.92 Å². The second-order valence-electron chi connectivity index (χ2n) is 6.33. The lowest BCUT2D eigenvalue weighted by Gasteiger charge is -2.27. The number of thiophene rings is 1. The van der Waals surface area contributed by atoms with Crippen LogP contribution in [0.3, 0.4) is 0 Å². The second kappa shape index (κ2) is 5.95. The Hall–Kier alpha value is -1.33. The molecule has 0 spiro atoms. The topological polar surface area (TPSA) is 41.1 Å². The lowest BCUT2D eigenvalue weighted by molar-refractivity contribution is 0.0935. The van der Waals surface area contributed by atoms with Crippen LogP contribution in [-0.4, -0.2) is 5.91 Å². The predicted octanol–water partition coefficient (Wildman–Crippen LogP) is 4.88. The molecule has 0 fully saturated rings. The van der Waals surface area contributed by atoms with Gasteiger partial charge in [0, 0.05) is 9.35 Å². The van der Waals surface area contributed by atoms with Crippen LogP contribution in [-0.2, 0) is 12.8 Å². The minimum atomic E-state index is -0.148. The SMILES string of the molecule is CC[C@H]1CCc2c(sc3c2C(=O)N[C@H](c2ccc(Br)cc2)N3)C1. The van der Waals surface area contributed by atoms with Gasteiger partial charge in [0.2, 0.25) is 0 Å². The van der Waals surface area contributed by atoms with Gasteiger partial charge in [0.25, 0.3) is 5.91 Å². The summed E-state index contributed by atoms with van der Waals surface area (Å²) in [6, 6.07) is 8.08. The van der Waals surface area contributed by atoms with E-state index in [0.29, 0.717) is 0 Å². The molecule has 5 heteroatoms. The van der Waals surface area contributed by atoms with E-state index in [1.54, 1.807) is 11.3 Å². The van der Waals surface area contributed by atoms with Gasteiger partial charge in [-0.25, -0.2) is 0 Å². The van der Waals surface area contributed by atoms with Crippen molar-refractivity contribution in [1.82, 2.24) is 5.32 Å². The van der Waals surface area contributed by atoms with Crippen LogP contribution in [0.15, 0.2) is 28.7 Å². The molecule has 1 aliphatic carbocycles. The smallest absolute Gasteiger partial charge is 0.256 e. The maximum absolute atomic E-state index is 12.7. The fraction of sp³-hybridized carbons (Fsp3) is 0.389. The van der Waals surface area contributed by atoms with E-state index in [1.165, 1.54) is 23.3 Å². The van der Waals surface area contributed by atoms with Gasteiger partial charge in [-0.1, -0.05) is 41.4 Å². The summed E-state index contributed by atoms with van der Waals surface area (Å²) in [5.41, 5.74) is 3.26. The fourth-order valence-electron chi connectivity index (χ4n) is 3.54. The van der Waals surface area contributed by atoms with Crippen LogP contribution < -0.4 is 10.6 Å². The van der Waals surface area contributed by atoms with E-state index >= 15 is 0 Å². The molecule has 2 aromatic rings. The molecule has 0 unspecified atom stereocenters. The van der Waals surface area contributed by atoms with Crippen LogP contribution in [0.5, 0.6) is 0 Å². The van der Waals surface area contributed by atoms with Gasteiger partial charge in [-0.05, 0) is 48.4 Å². The molecule has 23 heavy (non-hydrogen) atoms. The summed E-state index contributed by atoms with van der Waals surface area (Å²) < 4.78 is 1.04. The largest absolute Gasteiger partial charge is 0.353 e. The van der Waals surface area contributed by atoms with Crippen molar-refractivity contribution in [2.45, 2.75) is 38.8 Å². The highest BCUT2D eigenvalue weighted by atomic mass is 79.9. The van der Waals surface area contributed by atoms with Gasteiger partial charge in [-0.3, -0.25) is 4.79 Å². The third-order valence-electron chi connectivity index (χ3n) is 4.93. The first-order valence-electron chi connectivity index (χ1n) is 8.13. The van der Waals surface area contributed by atoms with Crippen molar-refractivity contribution >= 4 is 38.2 Å². The van der Waals surface area contributed by atoms with E-state index in [1.807, 2.05) is 24.3 Å². The van der Waals surface area contributed by atoms with Gasteiger partial charge in [0.05, 0.1) is 5.56 Å². The monoisotopic (exact) mass is 390 g/mol. The number of hydrogen-bond acceptors (Lipinski definition) is 3. The quantitative estimate of drug-likeness (QED) is 0.766. The third-order valence-corrected chi connectivity index (χ3v) is 6.64. The molecule has 1 aliphatic heterocycles. The van der Waals surface area contributed by atoms with Gasteiger partial charge < -0.3 is 10.6 Å². The van der Waals surface area contributed by atoms with Crippen LogP contribution in [0.4, 0.5) is 5.00 Å².